The van der Waals surface area contributed by atoms with E-state index >= 15 is 0 Å². The molecule has 196 valence electrons. The van der Waals surface area contributed by atoms with Crippen molar-refractivity contribution in [2.75, 3.05) is 13.1 Å². The largest absolute Gasteiger partial charge is 0.465 e. The summed E-state index contributed by atoms with van der Waals surface area (Å²) >= 11 is 0. The van der Waals surface area contributed by atoms with Gasteiger partial charge in [0.05, 0.1) is 23.9 Å². The molecule has 1 amide bonds. The van der Waals surface area contributed by atoms with Crippen LogP contribution in [-0.4, -0.2) is 42.7 Å². The number of amides is 1. The molecule has 3 aromatic rings. The van der Waals surface area contributed by atoms with Crippen molar-refractivity contribution < 1.29 is 18.9 Å². The number of nitrogens with zero attached hydrogens (tertiary/aromatic N) is 3. The standard InChI is InChI=1S/C29H37N3O4Si/c1-29(2,3)37(4,5)35-19-25-23(22-8-6-7-21(17-22)18-30)10-11-24-26(31-36-27(24)25)12-9-20-13-15-32(16-14-20)28(33)34/h6-8,10-11,17,20H,9,12-16,19H2,1-5H3,(H,33,34). The Balaban J connectivity index is 1.63. The normalized spacial score (nSPS) is 15.2. The van der Waals surface area contributed by atoms with E-state index in [1.54, 1.807) is 6.07 Å². The van der Waals surface area contributed by atoms with Gasteiger partial charge in [-0.2, -0.15) is 5.26 Å². The first kappa shape index (κ1) is 26.9. The molecule has 1 N–H and O–H groups in total. The lowest BCUT2D eigenvalue weighted by Crippen LogP contribution is -2.40. The van der Waals surface area contributed by atoms with Crippen molar-refractivity contribution >= 4 is 25.4 Å². The number of hydrogen-bond acceptors (Lipinski definition) is 5. The molecule has 4 rings (SSSR count). The second-order valence-corrected chi connectivity index (χ2v) is 16.4. The van der Waals surface area contributed by atoms with Gasteiger partial charge in [-0.05, 0) is 79.1 Å². The van der Waals surface area contributed by atoms with Crippen molar-refractivity contribution in [3.63, 3.8) is 0 Å². The van der Waals surface area contributed by atoms with Gasteiger partial charge >= 0.3 is 6.09 Å². The van der Waals surface area contributed by atoms with E-state index in [-0.39, 0.29) is 5.04 Å². The summed E-state index contributed by atoms with van der Waals surface area (Å²) in [6.45, 7) is 12.8. The van der Waals surface area contributed by atoms with E-state index in [0.29, 0.717) is 31.2 Å². The van der Waals surface area contributed by atoms with Gasteiger partial charge in [0, 0.05) is 24.0 Å². The summed E-state index contributed by atoms with van der Waals surface area (Å²) in [6.07, 6.45) is 2.68. The molecule has 1 fully saturated rings. The van der Waals surface area contributed by atoms with E-state index in [1.807, 2.05) is 18.2 Å². The van der Waals surface area contributed by atoms with Crippen molar-refractivity contribution in [2.24, 2.45) is 5.92 Å². The minimum atomic E-state index is -2.02. The van der Waals surface area contributed by atoms with Crippen molar-refractivity contribution in [1.82, 2.24) is 10.1 Å². The van der Waals surface area contributed by atoms with Gasteiger partial charge in [0.2, 0.25) is 0 Å². The van der Waals surface area contributed by atoms with Crippen LogP contribution in [0.1, 0.15) is 56.9 Å². The summed E-state index contributed by atoms with van der Waals surface area (Å²) in [7, 11) is -2.02. The Kier molecular flexibility index (Phi) is 7.76. The lowest BCUT2D eigenvalue weighted by atomic mass is 9.91. The van der Waals surface area contributed by atoms with Gasteiger partial charge in [0.25, 0.3) is 0 Å². The van der Waals surface area contributed by atoms with Gasteiger partial charge in [-0.25, -0.2) is 4.79 Å². The predicted octanol–water partition coefficient (Wildman–Crippen LogP) is 7.21. The van der Waals surface area contributed by atoms with Crippen molar-refractivity contribution in [3.05, 3.63) is 53.2 Å². The number of nitriles is 1. The highest BCUT2D eigenvalue weighted by Gasteiger charge is 2.37. The van der Waals surface area contributed by atoms with Crippen molar-refractivity contribution in [2.45, 2.75) is 71.2 Å². The first-order valence-corrected chi connectivity index (χ1v) is 15.9. The Morgan fingerprint density at radius 1 is 1.24 bits per heavy atom. The third-order valence-electron chi connectivity index (χ3n) is 8.18. The molecular weight excluding hydrogens is 482 g/mol. The monoisotopic (exact) mass is 519 g/mol. The molecular formula is C29H37N3O4Si. The molecule has 2 aromatic carbocycles. The second-order valence-electron chi connectivity index (χ2n) is 11.6. The minimum Gasteiger partial charge on any atom is -0.465 e. The summed E-state index contributed by atoms with van der Waals surface area (Å²) in [4.78, 5) is 12.7. The topological polar surface area (TPSA) is 99.6 Å². The molecule has 0 aliphatic carbocycles. The van der Waals surface area contributed by atoms with Gasteiger partial charge < -0.3 is 19.0 Å². The Bertz CT molecular complexity index is 1310. The molecule has 0 bridgehead atoms. The van der Waals surface area contributed by atoms with E-state index in [1.165, 1.54) is 4.90 Å². The number of benzene rings is 2. The third kappa shape index (κ3) is 5.89. The van der Waals surface area contributed by atoms with Crippen LogP contribution in [0.4, 0.5) is 4.79 Å². The molecule has 0 saturated carbocycles. The summed E-state index contributed by atoms with van der Waals surface area (Å²) < 4.78 is 12.6. The highest BCUT2D eigenvalue weighted by molar-refractivity contribution is 6.74. The number of rotatable bonds is 7. The smallest absolute Gasteiger partial charge is 0.407 e. The molecule has 8 heteroatoms. The van der Waals surface area contributed by atoms with E-state index in [9.17, 15) is 15.2 Å². The van der Waals surface area contributed by atoms with Gasteiger partial charge in [-0.15, -0.1) is 0 Å². The lowest BCUT2D eigenvalue weighted by Gasteiger charge is -2.36. The zero-order chi connectivity index (χ0) is 26.8. The number of likely N-dealkylation sites (tertiary alicyclic amines) is 1. The minimum absolute atomic E-state index is 0.0740. The van der Waals surface area contributed by atoms with Crippen LogP contribution in [0.5, 0.6) is 0 Å². The van der Waals surface area contributed by atoms with Crippen LogP contribution < -0.4 is 0 Å². The van der Waals surface area contributed by atoms with Crippen LogP contribution in [0.3, 0.4) is 0 Å². The highest BCUT2D eigenvalue weighted by Crippen LogP contribution is 2.39. The van der Waals surface area contributed by atoms with Gasteiger partial charge in [-0.3, -0.25) is 0 Å². The molecule has 7 nitrogen and oxygen atoms in total. The summed E-state index contributed by atoms with van der Waals surface area (Å²) in [5.41, 5.74) is 5.20. The fourth-order valence-electron chi connectivity index (χ4n) is 4.68. The quantitative estimate of drug-likeness (QED) is 0.331. The summed E-state index contributed by atoms with van der Waals surface area (Å²) in [5.74, 6) is 0.483. The number of piperidine rings is 1. The van der Waals surface area contributed by atoms with E-state index < -0.39 is 14.4 Å². The lowest BCUT2D eigenvalue weighted by molar-refractivity contribution is 0.123. The molecule has 1 saturated heterocycles. The Labute approximate surface area is 220 Å². The van der Waals surface area contributed by atoms with Crippen molar-refractivity contribution in [3.8, 4) is 17.2 Å². The molecule has 0 atom stereocenters. The van der Waals surface area contributed by atoms with E-state index in [4.69, 9.17) is 8.95 Å². The molecule has 37 heavy (non-hydrogen) atoms. The maximum absolute atomic E-state index is 11.2. The fraction of sp³-hybridized carbons (Fsp3) is 0.483. The van der Waals surface area contributed by atoms with Crippen molar-refractivity contribution in [1.29, 1.82) is 5.26 Å². The molecule has 0 spiro atoms. The predicted molar refractivity (Wildman–Crippen MR) is 147 cm³/mol. The van der Waals surface area contributed by atoms with Gasteiger partial charge in [0.15, 0.2) is 13.9 Å². The Morgan fingerprint density at radius 3 is 2.62 bits per heavy atom. The average Bonchev–Trinajstić information content (AvgIpc) is 3.29. The third-order valence-corrected chi connectivity index (χ3v) is 12.7. The zero-order valence-corrected chi connectivity index (χ0v) is 23.5. The van der Waals surface area contributed by atoms with Crippen LogP contribution >= 0.6 is 0 Å². The molecule has 2 heterocycles. The maximum Gasteiger partial charge on any atom is 0.407 e. The molecule has 1 aromatic heterocycles. The number of carbonyl (C=O) groups is 1. The van der Waals surface area contributed by atoms with Crippen LogP contribution in [0.25, 0.3) is 22.1 Å². The number of aromatic nitrogens is 1. The van der Waals surface area contributed by atoms with E-state index in [2.05, 4.69) is 57.2 Å². The number of carboxylic acid groups (broad SMARTS) is 1. The van der Waals surface area contributed by atoms with Crippen LogP contribution in [-0.2, 0) is 17.5 Å². The first-order chi connectivity index (χ1) is 17.5. The molecule has 1 aliphatic heterocycles. The Morgan fingerprint density at radius 2 is 1.97 bits per heavy atom. The highest BCUT2D eigenvalue weighted by atomic mass is 28.4. The molecule has 0 radical (unpaired) electrons. The summed E-state index contributed by atoms with van der Waals surface area (Å²) in [5, 5.41) is 24.2. The summed E-state index contributed by atoms with van der Waals surface area (Å²) in [6, 6.07) is 14.0. The van der Waals surface area contributed by atoms with Crippen LogP contribution in [0.15, 0.2) is 40.9 Å². The SMILES string of the molecule is CC(C)(C)[Si](C)(C)OCc1c(-c2cccc(C#N)c2)ccc2c(CCC3CCN(C(=O)O)CC3)noc12. The van der Waals surface area contributed by atoms with Crippen LogP contribution in [0.2, 0.25) is 18.1 Å². The zero-order valence-electron chi connectivity index (χ0n) is 22.5. The number of fused-ring (bicyclic) bond motifs is 1. The number of hydrogen-bond donors (Lipinski definition) is 1. The van der Waals surface area contributed by atoms with Gasteiger partial charge in [-0.1, -0.05) is 44.1 Å². The molecule has 0 unspecified atom stereocenters. The fourth-order valence-corrected chi connectivity index (χ4v) is 5.62. The molecule has 1 aliphatic rings. The average molecular weight is 520 g/mol. The number of aryl methyl sites for hydroxylation is 1. The van der Waals surface area contributed by atoms with Crippen LogP contribution in [0, 0.1) is 17.2 Å². The first-order valence-electron chi connectivity index (χ1n) is 13.0. The Hall–Kier alpha value is -3.15. The van der Waals surface area contributed by atoms with E-state index in [0.717, 1.165) is 59.0 Å². The van der Waals surface area contributed by atoms with Gasteiger partial charge in [0.1, 0.15) is 0 Å². The second kappa shape index (κ2) is 10.7. The maximum atomic E-state index is 11.2.